The fourth-order valence-electron chi connectivity index (χ4n) is 3.47. The van der Waals surface area contributed by atoms with Gasteiger partial charge in [0.2, 0.25) is 0 Å². The van der Waals surface area contributed by atoms with Crippen LogP contribution in [0.2, 0.25) is 0 Å². The summed E-state index contributed by atoms with van der Waals surface area (Å²) in [6.07, 6.45) is -1.61. The molecule has 0 saturated heterocycles. The highest BCUT2D eigenvalue weighted by molar-refractivity contribution is 6.46. The molecule has 1 aliphatic heterocycles. The molecule has 1 aliphatic rings. The van der Waals surface area contributed by atoms with Crippen molar-refractivity contribution in [2.75, 3.05) is 52.5 Å². The lowest BCUT2D eigenvalue weighted by Gasteiger charge is -2.23. The lowest BCUT2D eigenvalue weighted by atomic mass is 10.1. The van der Waals surface area contributed by atoms with Crippen LogP contribution >= 0.6 is 0 Å². The third-order valence-corrected chi connectivity index (χ3v) is 5.26. The van der Waals surface area contributed by atoms with Crippen molar-refractivity contribution < 1.29 is 46.0 Å². The maximum absolute atomic E-state index is 13.3. The van der Waals surface area contributed by atoms with Crippen LogP contribution in [0.3, 0.4) is 0 Å². The Labute approximate surface area is 230 Å². The summed E-state index contributed by atoms with van der Waals surface area (Å²) >= 11 is 0. The van der Waals surface area contributed by atoms with Crippen LogP contribution in [0.15, 0.2) is 46.5 Å². The summed E-state index contributed by atoms with van der Waals surface area (Å²) in [5.41, 5.74) is 3.10. The number of benzene rings is 2. The first-order valence-electron chi connectivity index (χ1n) is 11.4. The number of aliphatic hydroxyl groups is 1. The number of carbonyl (C=O) groups is 2. The molecular formula is C24H30ClN7O7. The van der Waals surface area contributed by atoms with Gasteiger partial charge in [0.25, 0.3) is 17.5 Å². The first-order chi connectivity index (χ1) is 17.9. The Kier molecular flexibility index (Phi) is 10.3. The van der Waals surface area contributed by atoms with Gasteiger partial charge in [0.1, 0.15) is 17.2 Å². The maximum Gasteiger partial charge on any atom is 0.295 e. The Morgan fingerprint density at radius 1 is 1.18 bits per heavy atom. The number of likely N-dealkylation sites (N-methyl/N-ethyl adjacent to an activating group) is 1. The van der Waals surface area contributed by atoms with Gasteiger partial charge in [-0.05, 0) is 18.2 Å². The number of fused-ring (bicyclic) bond motifs is 1. The van der Waals surface area contributed by atoms with Crippen LogP contribution < -0.4 is 37.9 Å². The van der Waals surface area contributed by atoms with Crippen molar-refractivity contribution in [3.8, 4) is 11.5 Å². The zero-order valence-electron chi connectivity index (χ0n) is 22.0. The molecule has 2 aromatic rings. The van der Waals surface area contributed by atoms with Gasteiger partial charge in [-0.2, -0.15) is 5.10 Å². The van der Waals surface area contributed by atoms with E-state index in [1.807, 2.05) is 21.1 Å². The van der Waals surface area contributed by atoms with Crippen LogP contribution in [0.5, 0.6) is 11.5 Å². The molecule has 0 radical (unpaired) electrons. The van der Waals surface area contributed by atoms with Crippen molar-refractivity contribution in [3.63, 3.8) is 0 Å². The molecule has 210 valence electrons. The molecule has 2 aromatic carbocycles. The number of hydrogen-bond acceptors (Lipinski definition) is 10. The minimum absolute atomic E-state index is 0. The standard InChI is InChI=1S/C24H29N7O7.ClH/c1-31(2,3)13-22(32)29-28-20(24(34)26-17-9-7-15(37-4)11-21(17)38-5)12-19-23(33)27-18-10-14(30(35)36)6-8-16(18)25-19;/h6-11,23,27,33H,12-13H2,1-5H3,(H-,26,29,32,34);1H. The van der Waals surface area contributed by atoms with Crippen LogP contribution in [-0.4, -0.2) is 85.9 Å². The number of halogens is 1. The maximum atomic E-state index is 13.3. The number of methoxy groups -OCH3 is 2. The number of aliphatic imine (C=N–C) groups is 1. The first-order valence-corrected chi connectivity index (χ1v) is 11.4. The lowest BCUT2D eigenvalue weighted by molar-refractivity contribution is -0.862. The average Bonchev–Trinajstić information content (AvgIpc) is 2.85. The van der Waals surface area contributed by atoms with E-state index in [0.717, 1.165) is 0 Å². The topological polar surface area (TPSA) is 177 Å². The van der Waals surface area contributed by atoms with Gasteiger partial charge >= 0.3 is 0 Å². The Morgan fingerprint density at radius 2 is 1.90 bits per heavy atom. The Hall–Kier alpha value is -4.27. The highest BCUT2D eigenvalue weighted by atomic mass is 35.5. The summed E-state index contributed by atoms with van der Waals surface area (Å²) in [4.78, 5) is 40.5. The average molecular weight is 564 g/mol. The van der Waals surface area contributed by atoms with Gasteiger partial charge in [0.15, 0.2) is 12.8 Å². The van der Waals surface area contributed by atoms with Crippen LogP contribution in [0.25, 0.3) is 0 Å². The number of nitro benzene ring substituents is 1. The van der Waals surface area contributed by atoms with Crippen molar-refractivity contribution in [3.05, 3.63) is 46.5 Å². The minimum Gasteiger partial charge on any atom is -1.00 e. The molecular weight excluding hydrogens is 534 g/mol. The second-order valence-corrected chi connectivity index (χ2v) is 9.35. The summed E-state index contributed by atoms with van der Waals surface area (Å²) < 4.78 is 10.8. The number of nitrogens with one attached hydrogen (secondary N) is 3. The van der Waals surface area contributed by atoms with E-state index in [9.17, 15) is 24.8 Å². The highest BCUT2D eigenvalue weighted by Crippen LogP contribution is 2.33. The second kappa shape index (κ2) is 13.0. The second-order valence-electron chi connectivity index (χ2n) is 9.35. The quantitative estimate of drug-likeness (QED) is 0.118. The highest BCUT2D eigenvalue weighted by Gasteiger charge is 2.26. The van der Waals surface area contributed by atoms with E-state index in [2.05, 4.69) is 26.2 Å². The Morgan fingerprint density at radius 3 is 2.51 bits per heavy atom. The number of anilines is 2. The number of ether oxygens (including phenoxy) is 2. The number of aliphatic hydroxyl groups excluding tert-OH is 1. The molecule has 2 amide bonds. The van der Waals surface area contributed by atoms with E-state index in [-0.39, 0.29) is 48.2 Å². The van der Waals surface area contributed by atoms with E-state index < -0.39 is 23.0 Å². The van der Waals surface area contributed by atoms with Crippen molar-refractivity contribution in [2.45, 2.75) is 12.6 Å². The molecule has 4 N–H and O–H groups in total. The number of rotatable bonds is 10. The van der Waals surface area contributed by atoms with Gasteiger partial charge in [0, 0.05) is 24.6 Å². The molecule has 0 aromatic heterocycles. The van der Waals surface area contributed by atoms with E-state index in [0.29, 0.717) is 27.4 Å². The van der Waals surface area contributed by atoms with Crippen molar-refractivity contribution in [1.82, 2.24) is 5.43 Å². The van der Waals surface area contributed by atoms with Crippen molar-refractivity contribution in [2.24, 2.45) is 10.1 Å². The molecule has 15 heteroatoms. The fraction of sp³-hybridized carbons (Fsp3) is 0.333. The monoisotopic (exact) mass is 563 g/mol. The smallest absolute Gasteiger partial charge is 0.295 e. The third kappa shape index (κ3) is 8.36. The number of hydrazone groups is 1. The zero-order valence-corrected chi connectivity index (χ0v) is 22.8. The molecule has 39 heavy (non-hydrogen) atoms. The van der Waals surface area contributed by atoms with Crippen LogP contribution in [0.4, 0.5) is 22.7 Å². The molecule has 1 atom stereocenters. The number of hydrogen-bond donors (Lipinski definition) is 4. The molecule has 1 heterocycles. The van der Waals surface area contributed by atoms with Gasteiger partial charge in [-0.1, -0.05) is 0 Å². The number of non-ortho nitro benzene ring substituents is 1. The fourth-order valence-corrected chi connectivity index (χ4v) is 3.47. The third-order valence-electron chi connectivity index (χ3n) is 5.26. The molecule has 0 aliphatic carbocycles. The van der Waals surface area contributed by atoms with Gasteiger partial charge < -0.3 is 42.1 Å². The molecule has 14 nitrogen and oxygen atoms in total. The molecule has 1 unspecified atom stereocenters. The minimum atomic E-state index is -1.36. The van der Waals surface area contributed by atoms with Gasteiger partial charge in [-0.3, -0.25) is 24.7 Å². The number of carbonyl (C=O) groups excluding carboxylic acids is 2. The molecule has 0 saturated carbocycles. The summed E-state index contributed by atoms with van der Waals surface area (Å²) in [5, 5.41) is 31.1. The summed E-state index contributed by atoms with van der Waals surface area (Å²) in [5.74, 6) is -0.250. The molecule has 0 bridgehead atoms. The molecule has 0 fully saturated rings. The van der Waals surface area contributed by atoms with Gasteiger partial charge in [-0.25, -0.2) is 5.43 Å². The number of amides is 2. The van der Waals surface area contributed by atoms with Gasteiger partial charge in [-0.15, -0.1) is 0 Å². The Bertz CT molecular complexity index is 1310. The van der Waals surface area contributed by atoms with Gasteiger partial charge in [0.05, 0.1) is 63.1 Å². The van der Waals surface area contributed by atoms with Crippen LogP contribution in [0.1, 0.15) is 6.42 Å². The molecule has 0 spiro atoms. The van der Waals surface area contributed by atoms with Crippen molar-refractivity contribution in [1.29, 1.82) is 0 Å². The van der Waals surface area contributed by atoms with Crippen LogP contribution in [-0.2, 0) is 9.59 Å². The SMILES string of the molecule is COc1ccc(NC(=O)/C(CC2=Nc3ccc([N+](=O)[O-])cc3NC2O)=N\NC(=O)C[N+](C)(C)C)c(OC)c1.[Cl-]. The normalized spacial score (nSPS) is 14.6. The Balaban J connectivity index is 0.00000533. The number of nitro groups is 1. The molecule has 3 rings (SSSR count). The predicted molar refractivity (Wildman–Crippen MR) is 141 cm³/mol. The van der Waals surface area contributed by atoms with Crippen molar-refractivity contribution >= 4 is 46.0 Å². The van der Waals surface area contributed by atoms with E-state index in [1.54, 1.807) is 18.2 Å². The first kappa shape index (κ1) is 31.0. The predicted octanol–water partition coefficient (Wildman–Crippen LogP) is -1.36. The summed E-state index contributed by atoms with van der Waals surface area (Å²) in [7, 11) is 8.41. The van der Waals surface area contributed by atoms with E-state index in [4.69, 9.17) is 9.47 Å². The lowest BCUT2D eigenvalue weighted by Crippen LogP contribution is -3.00. The van der Waals surface area contributed by atoms with E-state index in [1.165, 1.54) is 32.4 Å². The number of nitrogens with zero attached hydrogens (tertiary/aromatic N) is 4. The van der Waals surface area contributed by atoms with E-state index >= 15 is 0 Å². The summed E-state index contributed by atoms with van der Waals surface area (Å²) in [6, 6.07) is 8.76. The largest absolute Gasteiger partial charge is 1.00 e. The van der Waals surface area contributed by atoms with Crippen LogP contribution in [0, 0.1) is 10.1 Å². The summed E-state index contributed by atoms with van der Waals surface area (Å²) in [6.45, 7) is 0.0992. The number of quaternary nitrogens is 1. The zero-order chi connectivity index (χ0) is 28.0.